The van der Waals surface area contributed by atoms with E-state index in [-0.39, 0.29) is 18.6 Å². The Morgan fingerprint density at radius 2 is 2.38 bits per heavy atom. The van der Waals surface area contributed by atoms with Crippen LogP contribution in [0.3, 0.4) is 0 Å². The van der Waals surface area contributed by atoms with Gasteiger partial charge in [-0.3, -0.25) is 0 Å². The predicted molar refractivity (Wildman–Crippen MR) is 50.3 cm³/mol. The van der Waals surface area contributed by atoms with Crippen molar-refractivity contribution in [2.24, 2.45) is 5.92 Å². The van der Waals surface area contributed by atoms with Crippen LogP contribution < -0.4 is 0 Å². The minimum Gasteiger partial charge on any atom is -0.396 e. The summed E-state index contributed by atoms with van der Waals surface area (Å²) in [6.07, 6.45) is 2.56. The fraction of sp³-hybridized carbons (Fsp3) is 0.800. The number of hydrogen-bond acceptors (Lipinski definition) is 3. The molecule has 3 heteroatoms. The number of allylic oxidation sites excluding steroid dienone is 1. The largest absolute Gasteiger partial charge is 0.396 e. The minimum absolute atomic E-state index is 0.00185. The predicted octanol–water partition coefficient (Wildman–Crippen LogP) is 1.32. The monoisotopic (exact) mass is 186 g/mol. The van der Waals surface area contributed by atoms with Gasteiger partial charge < -0.3 is 14.6 Å². The lowest BCUT2D eigenvalue weighted by molar-refractivity contribution is -0.146. The van der Waals surface area contributed by atoms with Crippen molar-refractivity contribution in [3.05, 3.63) is 12.7 Å². The maximum atomic E-state index is 9.10. The van der Waals surface area contributed by atoms with Crippen molar-refractivity contribution < 1.29 is 14.6 Å². The first kappa shape index (κ1) is 10.7. The normalized spacial score (nSPS) is 28.7. The van der Waals surface area contributed by atoms with Crippen LogP contribution in [0.1, 0.15) is 20.3 Å². The first-order valence-corrected chi connectivity index (χ1v) is 4.62. The molecular formula is C10H18O3. The van der Waals surface area contributed by atoms with Gasteiger partial charge in [-0.15, -0.1) is 6.58 Å². The second-order valence-corrected chi connectivity index (χ2v) is 3.83. The van der Waals surface area contributed by atoms with E-state index in [1.807, 2.05) is 13.8 Å². The maximum absolute atomic E-state index is 9.10. The molecular weight excluding hydrogens is 168 g/mol. The summed E-state index contributed by atoms with van der Waals surface area (Å²) in [5.74, 6) is -0.390. The van der Waals surface area contributed by atoms with Crippen molar-refractivity contribution in [2.45, 2.75) is 32.2 Å². The van der Waals surface area contributed by atoms with Gasteiger partial charge in [-0.1, -0.05) is 6.08 Å². The molecule has 2 atom stereocenters. The summed E-state index contributed by atoms with van der Waals surface area (Å²) >= 11 is 0. The summed E-state index contributed by atoms with van der Waals surface area (Å²) in [6.45, 7) is 8.10. The third kappa shape index (κ3) is 2.79. The molecule has 0 unspecified atom stereocenters. The molecule has 1 saturated heterocycles. The van der Waals surface area contributed by atoms with Crippen molar-refractivity contribution in [2.75, 3.05) is 13.2 Å². The van der Waals surface area contributed by atoms with E-state index in [9.17, 15) is 0 Å². The summed E-state index contributed by atoms with van der Waals surface area (Å²) in [7, 11) is 0. The molecule has 0 spiro atoms. The molecule has 0 radical (unpaired) electrons. The Morgan fingerprint density at radius 3 is 2.77 bits per heavy atom. The minimum atomic E-state index is -0.501. The molecule has 0 aliphatic carbocycles. The number of ether oxygens (including phenoxy) is 2. The highest BCUT2D eigenvalue weighted by molar-refractivity contribution is 4.82. The topological polar surface area (TPSA) is 38.7 Å². The molecule has 0 saturated carbocycles. The summed E-state index contributed by atoms with van der Waals surface area (Å²) in [4.78, 5) is 0. The summed E-state index contributed by atoms with van der Waals surface area (Å²) in [5, 5.41) is 9.10. The van der Waals surface area contributed by atoms with Crippen molar-refractivity contribution in [1.82, 2.24) is 0 Å². The van der Waals surface area contributed by atoms with E-state index in [1.165, 1.54) is 0 Å². The molecule has 13 heavy (non-hydrogen) atoms. The van der Waals surface area contributed by atoms with Crippen molar-refractivity contribution in [3.63, 3.8) is 0 Å². The molecule has 1 aliphatic heterocycles. The van der Waals surface area contributed by atoms with E-state index in [1.54, 1.807) is 6.08 Å². The van der Waals surface area contributed by atoms with Gasteiger partial charge in [-0.05, 0) is 20.3 Å². The molecule has 0 aromatic carbocycles. The second-order valence-electron chi connectivity index (χ2n) is 3.83. The number of aliphatic hydroxyl groups is 1. The van der Waals surface area contributed by atoms with Gasteiger partial charge in [0.25, 0.3) is 0 Å². The Bertz CT molecular complexity index is 177. The van der Waals surface area contributed by atoms with Gasteiger partial charge in [0.15, 0.2) is 5.79 Å². The summed E-state index contributed by atoms with van der Waals surface area (Å²) in [5.41, 5.74) is 0. The zero-order valence-electron chi connectivity index (χ0n) is 8.32. The van der Waals surface area contributed by atoms with Crippen LogP contribution in [-0.2, 0) is 9.47 Å². The average molecular weight is 186 g/mol. The maximum Gasteiger partial charge on any atom is 0.163 e. The van der Waals surface area contributed by atoms with E-state index < -0.39 is 5.79 Å². The molecule has 0 aromatic rings. The van der Waals surface area contributed by atoms with Gasteiger partial charge in [0.1, 0.15) is 0 Å². The Kier molecular flexibility index (Phi) is 3.47. The molecule has 0 amide bonds. The molecule has 0 aromatic heterocycles. The summed E-state index contributed by atoms with van der Waals surface area (Å²) in [6, 6.07) is 0. The van der Waals surface area contributed by atoms with Gasteiger partial charge in [-0.2, -0.15) is 0 Å². The molecule has 1 fully saturated rings. The van der Waals surface area contributed by atoms with Crippen LogP contribution >= 0.6 is 0 Å². The lowest BCUT2D eigenvalue weighted by Crippen LogP contribution is -2.28. The van der Waals surface area contributed by atoms with E-state index in [0.717, 1.165) is 6.42 Å². The quantitative estimate of drug-likeness (QED) is 0.673. The smallest absolute Gasteiger partial charge is 0.163 e. The first-order chi connectivity index (χ1) is 6.09. The fourth-order valence-corrected chi connectivity index (χ4v) is 1.51. The zero-order chi connectivity index (χ0) is 9.90. The van der Waals surface area contributed by atoms with Gasteiger partial charge >= 0.3 is 0 Å². The molecule has 76 valence electrons. The standard InChI is InChI=1S/C10H18O3/c1-4-5-8(6-11)9-7-12-10(2,3)13-9/h4,8-9,11H,1,5-7H2,2-3H3/t8-,9+/m0/s1. The third-order valence-electron chi connectivity index (χ3n) is 2.26. The average Bonchev–Trinajstić information content (AvgIpc) is 2.42. The van der Waals surface area contributed by atoms with Crippen LogP contribution in [0.2, 0.25) is 0 Å². The SMILES string of the molecule is C=CC[C@@H](CO)[C@H]1COC(C)(C)O1. The van der Waals surface area contributed by atoms with E-state index in [0.29, 0.717) is 6.61 Å². The Balaban J connectivity index is 2.47. The molecule has 0 bridgehead atoms. The Labute approximate surface area is 79.3 Å². The van der Waals surface area contributed by atoms with Crippen LogP contribution in [0.4, 0.5) is 0 Å². The van der Waals surface area contributed by atoms with E-state index >= 15 is 0 Å². The van der Waals surface area contributed by atoms with Gasteiger partial charge in [0.2, 0.25) is 0 Å². The highest BCUT2D eigenvalue weighted by Crippen LogP contribution is 2.28. The van der Waals surface area contributed by atoms with E-state index in [2.05, 4.69) is 6.58 Å². The van der Waals surface area contributed by atoms with Gasteiger partial charge in [-0.25, -0.2) is 0 Å². The third-order valence-corrected chi connectivity index (χ3v) is 2.26. The lowest BCUT2D eigenvalue weighted by atomic mass is 10.0. The van der Waals surface area contributed by atoms with E-state index in [4.69, 9.17) is 14.6 Å². The zero-order valence-corrected chi connectivity index (χ0v) is 8.32. The van der Waals surface area contributed by atoms with Crippen molar-refractivity contribution in [3.8, 4) is 0 Å². The highest BCUT2D eigenvalue weighted by Gasteiger charge is 2.36. The van der Waals surface area contributed by atoms with Crippen molar-refractivity contribution >= 4 is 0 Å². The first-order valence-electron chi connectivity index (χ1n) is 4.62. The highest BCUT2D eigenvalue weighted by atomic mass is 16.7. The second kappa shape index (κ2) is 4.22. The Morgan fingerprint density at radius 1 is 1.69 bits per heavy atom. The van der Waals surface area contributed by atoms with Crippen LogP contribution in [-0.4, -0.2) is 30.2 Å². The molecule has 1 heterocycles. The number of rotatable bonds is 4. The van der Waals surface area contributed by atoms with Gasteiger partial charge in [0.05, 0.1) is 12.7 Å². The fourth-order valence-electron chi connectivity index (χ4n) is 1.51. The summed E-state index contributed by atoms with van der Waals surface area (Å²) < 4.78 is 11.0. The molecule has 3 nitrogen and oxygen atoms in total. The molecule has 1 rings (SSSR count). The van der Waals surface area contributed by atoms with Crippen molar-refractivity contribution in [1.29, 1.82) is 0 Å². The van der Waals surface area contributed by atoms with Crippen LogP contribution in [0.15, 0.2) is 12.7 Å². The Hall–Kier alpha value is -0.380. The lowest BCUT2D eigenvalue weighted by Gasteiger charge is -2.21. The number of aliphatic hydroxyl groups excluding tert-OH is 1. The van der Waals surface area contributed by atoms with Crippen LogP contribution in [0.25, 0.3) is 0 Å². The molecule has 1 N–H and O–H groups in total. The van der Waals surface area contributed by atoms with Crippen LogP contribution in [0, 0.1) is 5.92 Å². The number of hydrogen-bond donors (Lipinski definition) is 1. The van der Waals surface area contributed by atoms with Gasteiger partial charge in [0, 0.05) is 12.5 Å². The molecule has 1 aliphatic rings. The van der Waals surface area contributed by atoms with Crippen LogP contribution in [0.5, 0.6) is 0 Å².